The quantitative estimate of drug-likeness (QED) is 0.932. The number of carboxylic acids is 1. The Hall–Kier alpha value is -1.91. The van der Waals surface area contributed by atoms with Crippen LogP contribution in [0.4, 0.5) is 4.39 Å². The predicted molar refractivity (Wildman–Crippen MR) is 76.8 cm³/mol. The van der Waals surface area contributed by atoms with E-state index in [4.69, 9.17) is 5.11 Å². The monoisotopic (exact) mass is 293 g/mol. The van der Waals surface area contributed by atoms with Gasteiger partial charge in [0.2, 0.25) is 0 Å². The van der Waals surface area contributed by atoms with Gasteiger partial charge in [0.05, 0.1) is 11.1 Å². The van der Waals surface area contributed by atoms with E-state index in [9.17, 15) is 14.0 Å². The van der Waals surface area contributed by atoms with E-state index in [1.165, 1.54) is 12.1 Å². The maximum Gasteiger partial charge on any atom is 0.335 e. The van der Waals surface area contributed by atoms with Crippen molar-refractivity contribution in [1.82, 2.24) is 4.90 Å². The lowest BCUT2D eigenvalue weighted by Crippen LogP contribution is -2.39. The van der Waals surface area contributed by atoms with Crippen LogP contribution in [-0.4, -0.2) is 35.0 Å². The number of carbonyl (C=O) groups excluding carboxylic acids is 1. The molecule has 1 amide bonds. The highest BCUT2D eigenvalue weighted by Crippen LogP contribution is 2.25. The van der Waals surface area contributed by atoms with Crippen LogP contribution in [-0.2, 0) is 0 Å². The summed E-state index contributed by atoms with van der Waals surface area (Å²) >= 11 is 0. The Morgan fingerprint density at radius 1 is 1.29 bits per heavy atom. The fraction of sp³-hybridized carbons (Fsp3) is 0.500. The summed E-state index contributed by atoms with van der Waals surface area (Å²) in [6, 6.07) is 3.42. The van der Waals surface area contributed by atoms with Crippen LogP contribution in [0.1, 0.15) is 47.4 Å². The average Bonchev–Trinajstić information content (AvgIpc) is 2.46. The minimum Gasteiger partial charge on any atom is -0.478 e. The van der Waals surface area contributed by atoms with Gasteiger partial charge in [-0.2, -0.15) is 0 Å². The fourth-order valence-corrected chi connectivity index (χ4v) is 2.76. The summed E-state index contributed by atoms with van der Waals surface area (Å²) in [6.45, 7) is 5.60. The van der Waals surface area contributed by atoms with Crippen LogP contribution >= 0.6 is 0 Å². The first-order valence-electron chi connectivity index (χ1n) is 7.22. The summed E-state index contributed by atoms with van der Waals surface area (Å²) in [7, 11) is 0. The second-order valence-corrected chi connectivity index (χ2v) is 5.87. The molecule has 0 aromatic heterocycles. The van der Waals surface area contributed by atoms with Crippen molar-refractivity contribution in [2.45, 2.75) is 26.7 Å². The van der Waals surface area contributed by atoms with Crippen LogP contribution in [0.3, 0.4) is 0 Å². The molecule has 114 valence electrons. The molecule has 0 spiro atoms. The smallest absolute Gasteiger partial charge is 0.335 e. The Morgan fingerprint density at radius 2 is 1.90 bits per heavy atom. The van der Waals surface area contributed by atoms with E-state index in [0.717, 1.165) is 18.9 Å². The maximum atomic E-state index is 13.9. The molecule has 0 atom stereocenters. The van der Waals surface area contributed by atoms with Crippen LogP contribution < -0.4 is 0 Å². The number of likely N-dealkylation sites (tertiary alicyclic amines) is 1. The van der Waals surface area contributed by atoms with Crippen LogP contribution in [0, 0.1) is 17.7 Å². The number of benzene rings is 1. The lowest BCUT2D eigenvalue weighted by atomic mass is 9.86. The van der Waals surface area contributed by atoms with Gasteiger partial charge in [0.15, 0.2) is 0 Å². The van der Waals surface area contributed by atoms with Gasteiger partial charge in [0, 0.05) is 13.1 Å². The SMILES string of the molecule is CC(C)C1CCN(C(=O)c2ccc(C(=O)O)cc2F)CC1. The Labute approximate surface area is 123 Å². The average molecular weight is 293 g/mol. The highest BCUT2D eigenvalue weighted by Gasteiger charge is 2.26. The lowest BCUT2D eigenvalue weighted by molar-refractivity contribution is 0.0657. The van der Waals surface area contributed by atoms with Crippen molar-refractivity contribution in [2.24, 2.45) is 11.8 Å². The highest BCUT2D eigenvalue weighted by atomic mass is 19.1. The van der Waals surface area contributed by atoms with E-state index in [2.05, 4.69) is 13.8 Å². The van der Waals surface area contributed by atoms with Crippen molar-refractivity contribution < 1.29 is 19.1 Å². The van der Waals surface area contributed by atoms with Gasteiger partial charge in [0.1, 0.15) is 5.82 Å². The van der Waals surface area contributed by atoms with Crippen molar-refractivity contribution in [1.29, 1.82) is 0 Å². The zero-order chi connectivity index (χ0) is 15.6. The van der Waals surface area contributed by atoms with Gasteiger partial charge in [-0.3, -0.25) is 4.79 Å². The molecule has 1 aliphatic rings. The van der Waals surface area contributed by atoms with E-state index in [-0.39, 0.29) is 17.0 Å². The summed E-state index contributed by atoms with van der Waals surface area (Å²) in [5, 5.41) is 8.81. The number of aromatic carboxylic acids is 1. The molecular formula is C16H20FNO3. The normalized spacial score (nSPS) is 16.3. The predicted octanol–water partition coefficient (Wildman–Crippen LogP) is 3.03. The van der Waals surface area contributed by atoms with Crippen molar-refractivity contribution in [2.75, 3.05) is 13.1 Å². The number of nitrogens with zero attached hydrogens (tertiary/aromatic N) is 1. The van der Waals surface area contributed by atoms with Crippen LogP contribution in [0.2, 0.25) is 0 Å². The summed E-state index contributed by atoms with van der Waals surface area (Å²) in [5.41, 5.74) is -0.203. The molecule has 0 radical (unpaired) electrons. The number of carboxylic acid groups (broad SMARTS) is 1. The zero-order valence-electron chi connectivity index (χ0n) is 12.3. The first-order chi connectivity index (χ1) is 9.90. The van der Waals surface area contributed by atoms with E-state index < -0.39 is 11.8 Å². The molecule has 0 unspecified atom stereocenters. The van der Waals surface area contributed by atoms with Crippen LogP contribution in [0.15, 0.2) is 18.2 Å². The third-order valence-corrected chi connectivity index (χ3v) is 4.22. The van der Waals surface area contributed by atoms with Gasteiger partial charge in [-0.15, -0.1) is 0 Å². The van der Waals surface area contributed by atoms with Crippen molar-refractivity contribution >= 4 is 11.9 Å². The molecule has 1 aliphatic heterocycles. The third-order valence-electron chi connectivity index (χ3n) is 4.22. The van der Waals surface area contributed by atoms with Gasteiger partial charge in [-0.05, 0) is 42.9 Å². The lowest BCUT2D eigenvalue weighted by Gasteiger charge is -2.34. The van der Waals surface area contributed by atoms with Gasteiger partial charge >= 0.3 is 5.97 Å². The van der Waals surface area contributed by atoms with Crippen molar-refractivity contribution in [3.05, 3.63) is 35.1 Å². The molecular weight excluding hydrogens is 273 g/mol. The molecule has 21 heavy (non-hydrogen) atoms. The molecule has 1 aromatic carbocycles. The third kappa shape index (κ3) is 3.40. The van der Waals surface area contributed by atoms with Crippen molar-refractivity contribution in [3.63, 3.8) is 0 Å². The standard InChI is InChI=1S/C16H20FNO3/c1-10(2)11-5-7-18(8-6-11)15(19)13-4-3-12(16(20)21)9-14(13)17/h3-4,9-11H,5-8H2,1-2H3,(H,20,21). The van der Waals surface area contributed by atoms with E-state index in [0.29, 0.717) is 24.9 Å². The molecule has 1 N–H and O–H groups in total. The largest absolute Gasteiger partial charge is 0.478 e. The number of halogens is 1. The van der Waals surface area contributed by atoms with Gasteiger partial charge in [-0.25, -0.2) is 9.18 Å². The van der Waals surface area contributed by atoms with E-state index >= 15 is 0 Å². The first-order valence-corrected chi connectivity index (χ1v) is 7.22. The molecule has 0 bridgehead atoms. The Balaban J connectivity index is 2.09. The topological polar surface area (TPSA) is 57.6 Å². The highest BCUT2D eigenvalue weighted by molar-refractivity contribution is 5.96. The van der Waals surface area contributed by atoms with Crippen LogP contribution in [0.25, 0.3) is 0 Å². The van der Waals surface area contributed by atoms with E-state index in [1.54, 1.807) is 4.90 Å². The number of amides is 1. The number of hydrogen-bond acceptors (Lipinski definition) is 2. The molecule has 5 heteroatoms. The summed E-state index contributed by atoms with van der Waals surface area (Å²) in [5.74, 6) is -1.13. The van der Waals surface area contributed by atoms with E-state index in [1.807, 2.05) is 0 Å². The molecule has 2 rings (SSSR count). The Kier molecular flexibility index (Phi) is 4.60. The van der Waals surface area contributed by atoms with Crippen LogP contribution in [0.5, 0.6) is 0 Å². The minimum absolute atomic E-state index is 0.0528. The summed E-state index contributed by atoms with van der Waals surface area (Å²) < 4.78 is 13.9. The molecule has 0 aliphatic carbocycles. The summed E-state index contributed by atoms with van der Waals surface area (Å²) in [6.07, 6.45) is 1.86. The summed E-state index contributed by atoms with van der Waals surface area (Å²) in [4.78, 5) is 24.7. The maximum absolute atomic E-state index is 13.9. The zero-order valence-corrected chi connectivity index (χ0v) is 12.3. The fourth-order valence-electron chi connectivity index (χ4n) is 2.76. The molecule has 1 saturated heterocycles. The van der Waals surface area contributed by atoms with Crippen molar-refractivity contribution in [3.8, 4) is 0 Å². The molecule has 1 aromatic rings. The molecule has 4 nitrogen and oxygen atoms in total. The number of hydrogen-bond donors (Lipinski definition) is 1. The molecule has 1 heterocycles. The van der Waals surface area contributed by atoms with Gasteiger partial charge in [0.25, 0.3) is 5.91 Å². The number of rotatable bonds is 3. The Bertz CT molecular complexity index is 548. The Morgan fingerprint density at radius 3 is 2.38 bits per heavy atom. The first kappa shape index (κ1) is 15.5. The number of piperidine rings is 1. The van der Waals surface area contributed by atoms with Gasteiger partial charge in [-0.1, -0.05) is 13.8 Å². The second-order valence-electron chi connectivity index (χ2n) is 5.87. The van der Waals surface area contributed by atoms with Gasteiger partial charge < -0.3 is 10.0 Å². The number of carbonyl (C=O) groups is 2. The minimum atomic E-state index is -1.20. The second kappa shape index (κ2) is 6.24. The molecule has 0 saturated carbocycles. The molecule has 1 fully saturated rings.